The summed E-state index contributed by atoms with van der Waals surface area (Å²) < 4.78 is 0. The Balaban J connectivity index is 2.04. The van der Waals surface area contributed by atoms with Crippen LogP contribution in [0, 0.1) is 5.92 Å². The van der Waals surface area contributed by atoms with E-state index < -0.39 is 0 Å². The van der Waals surface area contributed by atoms with Crippen LogP contribution >= 0.6 is 0 Å². The molecule has 2 heteroatoms. The average Bonchev–Trinajstić information content (AvgIpc) is 2.41. The molecule has 0 spiro atoms. The highest BCUT2D eigenvalue weighted by Gasteiger charge is 2.20. The molecule has 0 aliphatic heterocycles. The van der Waals surface area contributed by atoms with Gasteiger partial charge in [0.25, 0.3) is 0 Å². The molecule has 1 aliphatic carbocycles. The van der Waals surface area contributed by atoms with Crippen LogP contribution in [0.4, 0.5) is 0 Å². The number of hydrogen-bond donors (Lipinski definition) is 0. The van der Waals surface area contributed by atoms with Crippen molar-refractivity contribution in [2.24, 2.45) is 10.9 Å². The van der Waals surface area contributed by atoms with Gasteiger partial charge in [-0.1, -0.05) is 49.6 Å². The lowest BCUT2D eigenvalue weighted by Crippen LogP contribution is -2.31. The molecule has 0 unspecified atom stereocenters. The van der Waals surface area contributed by atoms with Gasteiger partial charge in [0.15, 0.2) is 0 Å². The molecular formula is C16H24N2. The van der Waals surface area contributed by atoms with Crippen molar-refractivity contribution in [1.82, 2.24) is 4.90 Å². The fourth-order valence-corrected chi connectivity index (χ4v) is 2.75. The molecular weight excluding hydrogens is 220 g/mol. The van der Waals surface area contributed by atoms with Crippen molar-refractivity contribution in [3.63, 3.8) is 0 Å². The minimum absolute atomic E-state index is 0.678. The van der Waals surface area contributed by atoms with Crippen LogP contribution in [0.25, 0.3) is 0 Å². The summed E-state index contributed by atoms with van der Waals surface area (Å²) in [5.41, 5.74) is 1.30. The molecule has 0 heterocycles. The molecule has 1 aromatic carbocycles. The molecule has 0 atom stereocenters. The highest BCUT2D eigenvalue weighted by Crippen LogP contribution is 2.25. The Morgan fingerprint density at radius 3 is 2.39 bits per heavy atom. The third kappa shape index (κ3) is 3.59. The predicted molar refractivity (Wildman–Crippen MR) is 77.8 cm³/mol. The first-order valence-electron chi connectivity index (χ1n) is 7.03. The van der Waals surface area contributed by atoms with Gasteiger partial charge in [-0.25, -0.2) is 0 Å². The van der Waals surface area contributed by atoms with Crippen LogP contribution in [0.2, 0.25) is 0 Å². The molecule has 0 N–H and O–H groups in total. The number of rotatable bonds is 3. The van der Waals surface area contributed by atoms with E-state index in [0.717, 1.165) is 6.54 Å². The second-order valence-corrected chi connectivity index (χ2v) is 5.39. The van der Waals surface area contributed by atoms with Crippen molar-refractivity contribution in [3.8, 4) is 0 Å². The summed E-state index contributed by atoms with van der Waals surface area (Å²) in [6.45, 7) is 0.810. The van der Waals surface area contributed by atoms with Gasteiger partial charge in [-0.2, -0.15) is 0 Å². The first kappa shape index (κ1) is 13.1. The van der Waals surface area contributed by atoms with Gasteiger partial charge in [0.05, 0.1) is 6.54 Å². The van der Waals surface area contributed by atoms with Gasteiger partial charge in [0.1, 0.15) is 5.84 Å². The normalized spacial score (nSPS) is 17.8. The zero-order valence-corrected chi connectivity index (χ0v) is 11.6. The van der Waals surface area contributed by atoms with Crippen molar-refractivity contribution in [1.29, 1.82) is 0 Å². The molecule has 0 radical (unpaired) electrons. The van der Waals surface area contributed by atoms with Gasteiger partial charge in [0, 0.05) is 20.0 Å². The molecule has 1 saturated carbocycles. The Morgan fingerprint density at radius 2 is 1.78 bits per heavy atom. The van der Waals surface area contributed by atoms with Gasteiger partial charge >= 0.3 is 0 Å². The number of aliphatic imine (C=N–C) groups is 1. The number of hydrogen-bond acceptors (Lipinski definition) is 1. The summed E-state index contributed by atoms with van der Waals surface area (Å²) >= 11 is 0. The Kier molecular flexibility index (Phi) is 4.80. The monoisotopic (exact) mass is 244 g/mol. The first-order chi connectivity index (χ1) is 8.77. The van der Waals surface area contributed by atoms with Crippen LogP contribution in [0.15, 0.2) is 35.3 Å². The lowest BCUT2D eigenvalue weighted by molar-refractivity contribution is 0.406. The summed E-state index contributed by atoms with van der Waals surface area (Å²) in [5, 5.41) is 0. The maximum Gasteiger partial charge on any atom is 0.102 e. The van der Waals surface area contributed by atoms with Gasteiger partial charge in [0.2, 0.25) is 0 Å². The molecule has 1 fully saturated rings. The van der Waals surface area contributed by atoms with E-state index >= 15 is 0 Å². The lowest BCUT2D eigenvalue weighted by atomic mass is 9.88. The van der Waals surface area contributed by atoms with E-state index in [0.29, 0.717) is 5.92 Å². The Morgan fingerprint density at radius 1 is 1.11 bits per heavy atom. The predicted octanol–water partition coefficient (Wildman–Crippen LogP) is 3.73. The zero-order chi connectivity index (χ0) is 12.8. The second-order valence-electron chi connectivity index (χ2n) is 5.39. The van der Waals surface area contributed by atoms with E-state index in [9.17, 15) is 0 Å². The Hall–Kier alpha value is -1.31. The van der Waals surface area contributed by atoms with Crippen molar-refractivity contribution < 1.29 is 0 Å². The van der Waals surface area contributed by atoms with E-state index in [2.05, 4.69) is 49.3 Å². The van der Waals surface area contributed by atoms with E-state index in [-0.39, 0.29) is 0 Å². The van der Waals surface area contributed by atoms with Gasteiger partial charge < -0.3 is 4.90 Å². The van der Waals surface area contributed by atoms with Crippen LogP contribution in [0.1, 0.15) is 37.7 Å². The van der Waals surface area contributed by atoms with E-state index in [1.54, 1.807) is 0 Å². The zero-order valence-electron chi connectivity index (χ0n) is 11.6. The summed E-state index contributed by atoms with van der Waals surface area (Å²) in [5.74, 6) is 1.97. The molecule has 0 bridgehead atoms. The standard InChI is InChI=1S/C16H24N2/c1-18(2)16(15-11-7-4-8-12-15)17-13-14-9-5-3-6-10-14/h3,5-6,9-10,15H,4,7-8,11-13H2,1-2H3. The van der Waals surface area contributed by atoms with Gasteiger partial charge in [-0.15, -0.1) is 0 Å². The number of benzene rings is 1. The van der Waals surface area contributed by atoms with Crippen molar-refractivity contribution in [2.45, 2.75) is 38.6 Å². The van der Waals surface area contributed by atoms with E-state index in [1.807, 2.05) is 0 Å². The summed E-state index contributed by atoms with van der Waals surface area (Å²) in [4.78, 5) is 7.07. The van der Waals surface area contributed by atoms with Crippen LogP contribution in [-0.2, 0) is 6.54 Å². The smallest absolute Gasteiger partial charge is 0.102 e. The molecule has 0 aromatic heterocycles. The van der Waals surface area contributed by atoms with E-state index in [1.165, 1.54) is 43.5 Å². The van der Waals surface area contributed by atoms with Crippen LogP contribution in [-0.4, -0.2) is 24.8 Å². The SMILES string of the molecule is CN(C)C(=NCc1ccccc1)C1CCCCC1. The van der Waals surface area contributed by atoms with E-state index in [4.69, 9.17) is 4.99 Å². The Bertz CT molecular complexity index is 375. The van der Waals surface area contributed by atoms with Gasteiger partial charge in [-0.3, -0.25) is 4.99 Å². The molecule has 2 nitrogen and oxygen atoms in total. The fourth-order valence-electron chi connectivity index (χ4n) is 2.75. The maximum absolute atomic E-state index is 4.86. The highest BCUT2D eigenvalue weighted by atomic mass is 15.1. The average molecular weight is 244 g/mol. The minimum atomic E-state index is 0.678. The Labute approximate surface area is 111 Å². The topological polar surface area (TPSA) is 15.6 Å². The van der Waals surface area contributed by atoms with Gasteiger partial charge in [-0.05, 0) is 18.4 Å². The molecule has 18 heavy (non-hydrogen) atoms. The highest BCUT2D eigenvalue weighted by molar-refractivity contribution is 5.84. The first-order valence-corrected chi connectivity index (χ1v) is 7.03. The number of nitrogens with zero attached hydrogens (tertiary/aromatic N) is 2. The molecule has 98 valence electrons. The maximum atomic E-state index is 4.86. The summed E-state index contributed by atoms with van der Waals surface area (Å²) in [7, 11) is 4.25. The van der Waals surface area contributed by atoms with Crippen molar-refractivity contribution in [2.75, 3.05) is 14.1 Å². The molecule has 0 amide bonds. The third-order valence-corrected chi connectivity index (χ3v) is 3.69. The minimum Gasteiger partial charge on any atom is -0.366 e. The molecule has 1 aliphatic rings. The van der Waals surface area contributed by atoms with Crippen molar-refractivity contribution in [3.05, 3.63) is 35.9 Å². The number of amidine groups is 1. The van der Waals surface area contributed by atoms with Crippen LogP contribution in [0.3, 0.4) is 0 Å². The fraction of sp³-hybridized carbons (Fsp3) is 0.562. The largest absolute Gasteiger partial charge is 0.366 e. The molecule has 2 rings (SSSR count). The van der Waals surface area contributed by atoms with Crippen LogP contribution in [0.5, 0.6) is 0 Å². The third-order valence-electron chi connectivity index (χ3n) is 3.69. The quantitative estimate of drug-likeness (QED) is 0.584. The second kappa shape index (κ2) is 6.58. The molecule has 0 saturated heterocycles. The summed E-state index contributed by atoms with van der Waals surface area (Å²) in [6.07, 6.45) is 6.75. The van der Waals surface area contributed by atoms with Crippen LogP contribution < -0.4 is 0 Å². The molecule has 1 aromatic rings. The lowest BCUT2D eigenvalue weighted by Gasteiger charge is -2.28. The summed E-state index contributed by atoms with van der Waals surface area (Å²) in [6, 6.07) is 10.5. The van der Waals surface area contributed by atoms with Crippen molar-refractivity contribution >= 4 is 5.84 Å².